The standard InChI is InChI=1S/C14H15BrN4O2/c1-21-9-8-16-14(20)12-6-7-13(19-18-12)17-11-4-2-10(15)3-5-11/h2-7H,8-9H2,1H3,(H,16,20)(H,17,19). The van der Waals surface area contributed by atoms with Crippen molar-refractivity contribution in [2.75, 3.05) is 25.6 Å². The Hall–Kier alpha value is -1.99. The van der Waals surface area contributed by atoms with E-state index in [-0.39, 0.29) is 11.6 Å². The molecule has 2 N–H and O–H groups in total. The Kier molecular flexibility index (Phi) is 5.65. The van der Waals surface area contributed by atoms with Gasteiger partial charge in [-0.05, 0) is 36.4 Å². The maximum atomic E-state index is 11.7. The van der Waals surface area contributed by atoms with E-state index in [1.165, 1.54) is 0 Å². The number of ether oxygens (including phenoxy) is 1. The Bertz CT molecular complexity index is 587. The van der Waals surface area contributed by atoms with E-state index in [4.69, 9.17) is 4.74 Å². The number of nitrogens with one attached hydrogen (secondary N) is 2. The van der Waals surface area contributed by atoms with Crippen LogP contribution in [0.4, 0.5) is 11.5 Å². The summed E-state index contributed by atoms with van der Waals surface area (Å²) in [6.07, 6.45) is 0. The van der Waals surface area contributed by atoms with E-state index in [1.54, 1.807) is 19.2 Å². The van der Waals surface area contributed by atoms with E-state index in [0.717, 1.165) is 10.2 Å². The number of rotatable bonds is 6. The van der Waals surface area contributed by atoms with Crippen molar-refractivity contribution >= 4 is 33.3 Å². The second kappa shape index (κ2) is 7.70. The van der Waals surface area contributed by atoms with Crippen molar-refractivity contribution in [1.29, 1.82) is 0 Å². The fourth-order valence-electron chi connectivity index (χ4n) is 1.56. The summed E-state index contributed by atoms with van der Waals surface area (Å²) in [5.41, 5.74) is 1.16. The number of nitrogens with zero attached hydrogens (tertiary/aromatic N) is 2. The number of halogens is 1. The summed E-state index contributed by atoms with van der Waals surface area (Å²) in [6.45, 7) is 0.901. The first kappa shape index (κ1) is 15.4. The van der Waals surface area contributed by atoms with Crippen molar-refractivity contribution in [3.8, 4) is 0 Å². The van der Waals surface area contributed by atoms with Crippen molar-refractivity contribution in [3.05, 3.63) is 46.6 Å². The predicted molar refractivity (Wildman–Crippen MR) is 83.7 cm³/mol. The van der Waals surface area contributed by atoms with E-state index in [0.29, 0.717) is 19.0 Å². The van der Waals surface area contributed by atoms with E-state index >= 15 is 0 Å². The molecule has 0 spiro atoms. The molecule has 0 aliphatic carbocycles. The third-order valence-corrected chi connectivity index (χ3v) is 3.13. The molecule has 0 saturated heterocycles. The molecule has 1 aromatic heterocycles. The SMILES string of the molecule is COCCNC(=O)c1ccc(Nc2ccc(Br)cc2)nn1. The molecule has 0 aliphatic heterocycles. The summed E-state index contributed by atoms with van der Waals surface area (Å²) in [5.74, 6) is 0.306. The molecule has 21 heavy (non-hydrogen) atoms. The Morgan fingerprint density at radius 3 is 2.57 bits per heavy atom. The van der Waals surface area contributed by atoms with Crippen molar-refractivity contribution in [1.82, 2.24) is 15.5 Å². The van der Waals surface area contributed by atoms with Crippen LogP contribution in [-0.2, 0) is 4.74 Å². The number of amides is 1. The van der Waals surface area contributed by atoms with Gasteiger partial charge in [0.15, 0.2) is 11.5 Å². The van der Waals surface area contributed by atoms with Gasteiger partial charge in [0.05, 0.1) is 6.61 Å². The van der Waals surface area contributed by atoms with Crippen LogP contribution < -0.4 is 10.6 Å². The highest BCUT2D eigenvalue weighted by atomic mass is 79.9. The topological polar surface area (TPSA) is 76.1 Å². The molecule has 7 heteroatoms. The second-order valence-electron chi connectivity index (χ2n) is 4.18. The number of benzene rings is 1. The van der Waals surface area contributed by atoms with Crippen LogP contribution in [0.3, 0.4) is 0 Å². The fraction of sp³-hybridized carbons (Fsp3) is 0.214. The number of anilines is 2. The fourth-order valence-corrected chi connectivity index (χ4v) is 1.82. The Morgan fingerprint density at radius 1 is 1.19 bits per heavy atom. The van der Waals surface area contributed by atoms with Crippen LogP contribution in [0.15, 0.2) is 40.9 Å². The Morgan fingerprint density at radius 2 is 1.95 bits per heavy atom. The minimum atomic E-state index is -0.269. The van der Waals surface area contributed by atoms with Crippen molar-refractivity contribution in [2.24, 2.45) is 0 Å². The molecular weight excluding hydrogens is 336 g/mol. The van der Waals surface area contributed by atoms with Crippen LogP contribution in [0, 0.1) is 0 Å². The summed E-state index contributed by atoms with van der Waals surface area (Å²) >= 11 is 3.37. The van der Waals surface area contributed by atoms with E-state index in [9.17, 15) is 4.79 Å². The molecule has 1 heterocycles. The number of carbonyl (C=O) groups excluding carboxylic acids is 1. The van der Waals surface area contributed by atoms with Gasteiger partial charge in [-0.15, -0.1) is 10.2 Å². The van der Waals surface area contributed by atoms with Gasteiger partial charge in [-0.2, -0.15) is 0 Å². The number of hydrogen-bond donors (Lipinski definition) is 2. The summed E-state index contributed by atoms with van der Waals surface area (Å²) in [4.78, 5) is 11.7. The van der Waals surface area contributed by atoms with Crippen LogP contribution in [0.2, 0.25) is 0 Å². The van der Waals surface area contributed by atoms with Crippen LogP contribution in [-0.4, -0.2) is 36.4 Å². The van der Waals surface area contributed by atoms with Gasteiger partial charge in [-0.25, -0.2) is 0 Å². The Labute approximate surface area is 131 Å². The first-order chi connectivity index (χ1) is 10.2. The largest absolute Gasteiger partial charge is 0.383 e. The third kappa shape index (κ3) is 4.80. The minimum absolute atomic E-state index is 0.269. The molecule has 110 valence electrons. The highest BCUT2D eigenvalue weighted by Crippen LogP contribution is 2.17. The van der Waals surface area contributed by atoms with Gasteiger partial charge in [0.1, 0.15) is 0 Å². The number of hydrogen-bond acceptors (Lipinski definition) is 5. The van der Waals surface area contributed by atoms with Crippen LogP contribution in [0.1, 0.15) is 10.5 Å². The molecule has 0 fully saturated rings. The first-order valence-corrected chi connectivity index (χ1v) is 7.12. The zero-order valence-electron chi connectivity index (χ0n) is 11.5. The van der Waals surface area contributed by atoms with Gasteiger partial charge in [0, 0.05) is 23.8 Å². The Balaban J connectivity index is 1.95. The maximum absolute atomic E-state index is 11.7. The van der Waals surface area contributed by atoms with Gasteiger partial charge in [0.25, 0.3) is 5.91 Å². The zero-order chi connectivity index (χ0) is 15.1. The van der Waals surface area contributed by atoms with Gasteiger partial charge >= 0.3 is 0 Å². The summed E-state index contributed by atoms with van der Waals surface area (Å²) < 4.78 is 5.86. The van der Waals surface area contributed by atoms with Crippen LogP contribution in [0.5, 0.6) is 0 Å². The molecule has 1 amide bonds. The van der Waals surface area contributed by atoms with Crippen molar-refractivity contribution < 1.29 is 9.53 Å². The van der Waals surface area contributed by atoms with Gasteiger partial charge in [-0.3, -0.25) is 4.79 Å². The minimum Gasteiger partial charge on any atom is -0.383 e. The van der Waals surface area contributed by atoms with E-state index in [1.807, 2.05) is 24.3 Å². The monoisotopic (exact) mass is 350 g/mol. The molecule has 0 saturated carbocycles. The second-order valence-corrected chi connectivity index (χ2v) is 5.10. The average Bonchev–Trinajstić information content (AvgIpc) is 2.50. The number of methoxy groups -OCH3 is 1. The van der Waals surface area contributed by atoms with Gasteiger partial charge < -0.3 is 15.4 Å². The normalized spacial score (nSPS) is 10.2. The summed E-state index contributed by atoms with van der Waals surface area (Å²) in [5, 5.41) is 13.7. The maximum Gasteiger partial charge on any atom is 0.271 e. The van der Waals surface area contributed by atoms with E-state index < -0.39 is 0 Å². The lowest BCUT2D eigenvalue weighted by molar-refractivity contribution is 0.0931. The highest BCUT2D eigenvalue weighted by Gasteiger charge is 2.07. The lowest BCUT2D eigenvalue weighted by Gasteiger charge is -2.06. The lowest BCUT2D eigenvalue weighted by Crippen LogP contribution is -2.27. The smallest absolute Gasteiger partial charge is 0.271 e. The lowest BCUT2D eigenvalue weighted by atomic mass is 10.3. The van der Waals surface area contributed by atoms with E-state index in [2.05, 4.69) is 36.8 Å². The third-order valence-electron chi connectivity index (χ3n) is 2.61. The van der Waals surface area contributed by atoms with Crippen LogP contribution in [0.25, 0.3) is 0 Å². The van der Waals surface area contributed by atoms with Gasteiger partial charge in [-0.1, -0.05) is 15.9 Å². The molecule has 0 unspecified atom stereocenters. The van der Waals surface area contributed by atoms with Crippen LogP contribution >= 0.6 is 15.9 Å². The number of carbonyl (C=O) groups is 1. The number of aromatic nitrogens is 2. The summed E-state index contributed by atoms with van der Waals surface area (Å²) in [7, 11) is 1.58. The van der Waals surface area contributed by atoms with Gasteiger partial charge in [0.2, 0.25) is 0 Å². The molecule has 2 aromatic rings. The molecule has 0 radical (unpaired) electrons. The quantitative estimate of drug-likeness (QED) is 0.782. The highest BCUT2D eigenvalue weighted by molar-refractivity contribution is 9.10. The van der Waals surface area contributed by atoms with Crippen molar-refractivity contribution in [2.45, 2.75) is 0 Å². The predicted octanol–water partition coefficient (Wildman–Crippen LogP) is 2.36. The summed E-state index contributed by atoms with van der Waals surface area (Å²) in [6, 6.07) is 11.0. The molecular formula is C14H15BrN4O2. The molecule has 6 nitrogen and oxygen atoms in total. The molecule has 2 rings (SSSR count). The molecule has 0 bridgehead atoms. The van der Waals surface area contributed by atoms with Crippen molar-refractivity contribution in [3.63, 3.8) is 0 Å². The average molecular weight is 351 g/mol. The molecule has 0 atom stereocenters. The molecule has 1 aromatic carbocycles. The first-order valence-electron chi connectivity index (χ1n) is 6.32. The zero-order valence-corrected chi connectivity index (χ0v) is 13.1. The molecule has 0 aliphatic rings.